The van der Waals surface area contributed by atoms with Gasteiger partial charge in [0, 0.05) is 25.8 Å². The Hall–Kier alpha value is -3.58. The summed E-state index contributed by atoms with van der Waals surface area (Å²) in [4.78, 5) is 35.2. The van der Waals surface area contributed by atoms with E-state index in [4.69, 9.17) is 4.74 Å². The lowest BCUT2D eigenvalue weighted by atomic mass is 10.2. The third kappa shape index (κ3) is 6.46. The average molecular weight is 468 g/mol. The number of hydrogen-bond donors (Lipinski definition) is 2. The van der Waals surface area contributed by atoms with Gasteiger partial charge in [-0.25, -0.2) is 12.8 Å². The first-order chi connectivity index (χ1) is 14.9. The summed E-state index contributed by atoms with van der Waals surface area (Å²) in [6.07, 6.45) is 0. The van der Waals surface area contributed by atoms with Crippen LogP contribution >= 0.6 is 0 Å². The lowest BCUT2D eigenvalue weighted by Crippen LogP contribution is -2.32. The maximum absolute atomic E-state index is 13.3. The fourth-order valence-electron chi connectivity index (χ4n) is 2.54. The molecule has 2 rings (SSSR count). The van der Waals surface area contributed by atoms with E-state index < -0.39 is 56.4 Å². The van der Waals surface area contributed by atoms with Gasteiger partial charge in [0.2, 0.25) is 10.0 Å². The number of nitrogens with zero attached hydrogens (tertiary/aromatic N) is 2. The van der Waals surface area contributed by atoms with Crippen LogP contribution in [0.3, 0.4) is 0 Å². The number of rotatable bonds is 9. The Labute approximate surface area is 183 Å². The van der Waals surface area contributed by atoms with Crippen molar-refractivity contribution in [2.24, 2.45) is 0 Å². The van der Waals surface area contributed by atoms with Crippen molar-refractivity contribution < 1.29 is 32.1 Å². The molecule has 0 heterocycles. The average Bonchev–Trinajstić information content (AvgIpc) is 2.72. The Morgan fingerprint density at radius 3 is 2.50 bits per heavy atom. The van der Waals surface area contributed by atoms with Gasteiger partial charge in [0.05, 0.1) is 9.82 Å². The van der Waals surface area contributed by atoms with Gasteiger partial charge >= 0.3 is 5.97 Å². The van der Waals surface area contributed by atoms with Crippen LogP contribution < -0.4 is 14.9 Å². The van der Waals surface area contributed by atoms with E-state index in [-0.39, 0.29) is 11.4 Å². The van der Waals surface area contributed by atoms with Crippen LogP contribution in [-0.2, 0) is 24.3 Å². The molecule has 32 heavy (non-hydrogen) atoms. The van der Waals surface area contributed by atoms with Gasteiger partial charge in [-0.15, -0.1) is 0 Å². The maximum atomic E-state index is 13.3. The molecule has 0 radical (unpaired) electrons. The highest BCUT2D eigenvalue weighted by atomic mass is 32.2. The number of carbonyl (C=O) groups is 2. The highest BCUT2D eigenvalue weighted by Gasteiger charge is 2.23. The molecular weight excluding hydrogens is 447 g/mol. The van der Waals surface area contributed by atoms with Gasteiger partial charge in [0.25, 0.3) is 11.6 Å². The lowest BCUT2D eigenvalue weighted by molar-refractivity contribution is -0.384. The van der Waals surface area contributed by atoms with Crippen LogP contribution in [0, 0.1) is 22.9 Å². The summed E-state index contributed by atoms with van der Waals surface area (Å²) in [6.45, 7) is 0.114. The Kier molecular flexibility index (Phi) is 7.83. The summed E-state index contributed by atoms with van der Waals surface area (Å²) in [5, 5.41) is 13.6. The van der Waals surface area contributed by atoms with Crippen LogP contribution in [-0.4, -0.2) is 52.5 Å². The summed E-state index contributed by atoms with van der Waals surface area (Å²) in [5.41, 5.74) is 0.570. The predicted octanol–water partition coefficient (Wildman–Crippen LogP) is 1.57. The maximum Gasteiger partial charge on any atom is 0.321 e. The molecule has 11 nitrogen and oxygen atoms in total. The standard InChI is InChI=1S/C19H21FN4O7S/c1-12-4-5-13(20)8-15(12)22-18(25)11-31-19(26)10-21-32(29,30)14-6-7-16(23(2)3)17(9-14)24(27)28/h4-9,21H,10-11H2,1-3H3,(H,22,25). The third-order valence-corrected chi connectivity index (χ3v) is 5.58. The largest absolute Gasteiger partial charge is 0.455 e. The van der Waals surface area contributed by atoms with E-state index in [0.717, 1.165) is 18.2 Å². The number of hydrogen-bond acceptors (Lipinski definition) is 8. The second-order valence-corrected chi connectivity index (χ2v) is 8.56. The van der Waals surface area contributed by atoms with Gasteiger partial charge in [0.1, 0.15) is 18.0 Å². The number of halogens is 1. The Morgan fingerprint density at radius 2 is 1.88 bits per heavy atom. The van der Waals surface area contributed by atoms with Crippen molar-refractivity contribution in [2.45, 2.75) is 11.8 Å². The van der Waals surface area contributed by atoms with Gasteiger partial charge in [-0.1, -0.05) is 6.07 Å². The first-order valence-corrected chi connectivity index (χ1v) is 10.6. The van der Waals surface area contributed by atoms with E-state index in [0.29, 0.717) is 5.56 Å². The first-order valence-electron chi connectivity index (χ1n) is 9.08. The number of esters is 1. The summed E-state index contributed by atoms with van der Waals surface area (Å²) < 4.78 is 44.7. The quantitative estimate of drug-likeness (QED) is 0.320. The van der Waals surface area contributed by atoms with Crippen LogP contribution in [0.5, 0.6) is 0 Å². The summed E-state index contributed by atoms with van der Waals surface area (Å²) >= 11 is 0. The van der Waals surface area contributed by atoms with E-state index >= 15 is 0 Å². The lowest BCUT2D eigenvalue weighted by Gasteiger charge is -2.14. The number of benzene rings is 2. The monoisotopic (exact) mass is 468 g/mol. The van der Waals surface area contributed by atoms with Crippen molar-refractivity contribution >= 4 is 39.0 Å². The number of amides is 1. The van der Waals surface area contributed by atoms with Gasteiger partial charge in [-0.05, 0) is 36.8 Å². The van der Waals surface area contributed by atoms with Crippen molar-refractivity contribution in [1.29, 1.82) is 0 Å². The second-order valence-electron chi connectivity index (χ2n) is 6.79. The minimum absolute atomic E-state index is 0.202. The van der Waals surface area contributed by atoms with E-state index in [2.05, 4.69) is 5.32 Å². The van der Waals surface area contributed by atoms with Crippen molar-refractivity contribution in [1.82, 2.24) is 4.72 Å². The zero-order valence-corrected chi connectivity index (χ0v) is 18.2. The minimum Gasteiger partial charge on any atom is -0.455 e. The van der Waals surface area contributed by atoms with Crippen molar-refractivity contribution in [3.05, 3.63) is 57.9 Å². The highest BCUT2D eigenvalue weighted by Crippen LogP contribution is 2.29. The molecule has 172 valence electrons. The molecule has 0 atom stereocenters. The van der Waals surface area contributed by atoms with Crippen LogP contribution in [0.15, 0.2) is 41.3 Å². The van der Waals surface area contributed by atoms with E-state index in [1.807, 2.05) is 4.72 Å². The summed E-state index contributed by atoms with van der Waals surface area (Å²) in [7, 11) is -1.14. The number of nitro benzene ring substituents is 1. The Balaban J connectivity index is 1.95. The molecule has 0 aliphatic heterocycles. The number of aryl methyl sites for hydroxylation is 1. The number of nitro groups is 1. The molecule has 0 fully saturated rings. The van der Waals surface area contributed by atoms with Crippen molar-refractivity contribution in [3.8, 4) is 0 Å². The van der Waals surface area contributed by atoms with Crippen LogP contribution in [0.1, 0.15) is 5.56 Å². The van der Waals surface area contributed by atoms with E-state index in [9.17, 15) is 32.5 Å². The molecule has 1 amide bonds. The zero-order valence-electron chi connectivity index (χ0n) is 17.4. The van der Waals surface area contributed by atoms with Crippen molar-refractivity contribution in [2.75, 3.05) is 37.5 Å². The zero-order chi connectivity index (χ0) is 24.1. The fourth-order valence-corrected chi connectivity index (χ4v) is 3.53. The smallest absolute Gasteiger partial charge is 0.321 e. The summed E-state index contributed by atoms with van der Waals surface area (Å²) in [6, 6.07) is 7.08. The second kappa shape index (κ2) is 10.2. The Bertz CT molecular complexity index is 1150. The minimum atomic E-state index is -4.27. The fraction of sp³-hybridized carbons (Fsp3) is 0.263. The van der Waals surface area contributed by atoms with Gasteiger partial charge < -0.3 is 15.0 Å². The van der Waals surface area contributed by atoms with E-state index in [1.54, 1.807) is 21.0 Å². The van der Waals surface area contributed by atoms with E-state index in [1.165, 1.54) is 23.1 Å². The molecule has 0 saturated heterocycles. The molecule has 0 aromatic heterocycles. The molecule has 0 spiro atoms. The molecule has 0 unspecified atom stereocenters. The predicted molar refractivity (Wildman–Crippen MR) is 113 cm³/mol. The molecule has 2 aromatic rings. The molecular formula is C19H21FN4O7S. The molecule has 2 aromatic carbocycles. The number of ether oxygens (including phenoxy) is 1. The normalized spacial score (nSPS) is 11.0. The number of carbonyl (C=O) groups excluding carboxylic acids is 2. The molecule has 0 bridgehead atoms. The number of anilines is 2. The topological polar surface area (TPSA) is 148 Å². The van der Waals surface area contributed by atoms with Crippen LogP contribution in [0.4, 0.5) is 21.5 Å². The van der Waals surface area contributed by atoms with Crippen molar-refractivity contribution in [3.63, 3.8) is 0 Å². The SMILES string of the molecule is Cc1ccc(F)cc1NC(=O)COC(=O)CNS(=O)(=O)c1ccc(N(C)C)c([N+](=O)[O-])c1. The molecule has 2 N–H and O–H groups in total. The van der Waals surface area contributed by atoms with Gasteiger partial charge in [0.15, 0.2) is 6.61 Å². The number of sulfonamides is 1. The van der Waals surface area contributed by atoms with Gasteiger partial charge in [-0.2, -0.15) is 4.72 Å². The third-order valence-electron chi connectivity index (χ3n) is 4.18. The van der Waals surface area contributed by atoms with Gasteiger partial charge in [-0.3, -0.25) is 19.7 Å². The molecule has 13 heteroatoms. The first kappa shape index (κ1) is 24.7. The van der Waals surface area contributed by atoms with Crippen LogP contribution in [0.2, 0.25) is 0 Å². The molecule has 0 saturated carbocycles. The molecule has 0 aliphatic carbocycles. The number of nitrogens with one attached hydrogen (secondary N) is 2. The van der Waals surface area contributed by atoms with Crippen LogP contribution in [0.25, 0.3) is 0 Å². The summed E-state index contributed by atoms with van der Waals surface area (Å²) in [5.74, 6) is -2.36. The highest BCUT2D eigenvalue weighted by molar-refractivity contribution is 7.89. The molecule has 0 aliphatic rings. The Morgan fingerprint density at radius 1 is 1.19 bits per heavy atom.